The van der Waals surface area contributed by atoms with Crippen LogP contribution in [0.5, 0.6) is 0 Å². The van der Waals surface area contributed by atoms with Gasteiger partial charge in [0.05, 0.1) is 6.61 Å². The number of benzene rings is 1. The standard InChI is InChI=1S/C15H24N2O/c1-12-10-14(3)15(11-13(12)2)17-6-4-16(5-7-17)8-9-18/h10-11,18H,4-9H2,1-3H3. The lowest BCUT2D eigenvalue weighted by Gasteiger charge is -2.36. The first-order chi connectivity index (χ1) is 8.61. The highest BCUT2D eigenvalue weighted by molar-refractivity contribution is 5.57. The van der Waals surface area contributed by atoms with E-state index in [0.717, 1.165) is 32.7 Å². The summed E-state index contributed by atoms with van der Waals surface area (Å²) in [6.45, 7) is 11.8. The van der Waals surface area contributed by atoms with Crippen molar-refractivity contribution in [1.82, 2.24) is 4.90 Å². The van der Waals surface area contributed by atoms with Crippen LogP contribution in [0.25, 0.3) is 0 Å². The van der Waals surface area contributed by atoms with Crippen LogP contribution in [0.4, 0.5) is 5.69 Å². The third-order valence-corrected chi connectivity index (χ3v) is 3.94. The van der Waals surface area contributed by atoms with Crippen molar-refractivity contribution < 1.29 is 5.11 Å². The Hall–Kier alpha value is -1.06. The Morgan fingerprint density at radius 1 is 0.944 bits per heavy atom. The molecule has 0 aromatic heterocycles. The monoisotopic (exact) mass is 248 g/mol. The number of hydrogen-bond acceptors (Lipinski definition) is 3. The van der Waals surface area contributed by atoms with Gasteiger partial charge in [-0.1, -0.05) is 6.07 Å². The molecule has 1 aliphatic heterocycles. The molecule has 0 radical (unpaired) electrons. The molecule has 0 spiro atoms. The number of aliphatic hydroxyl groups excluding tert-OH is 1. The predicted octanol–water partition coefficient (Wildman–Crippen LogP) is 1.73. The van der Waals surface area contributed by atoms with Gasteiger partial charge in [-0.05, 0) is 43.5 Å². The van der Waals surface area contributed by atoms with Gasteiger partial charge >= 0.3 is 0 Å². The average Bonchev–Trinajstić information content (AvgIpc) is 2.35. The van der Waals surface area contributed by atoms with Crippen LogP contribution in [0.2, 0.25) is 0 Å². The molecule has 1 N–H and O–H groups in total. The van der Waals surface area contributed by atoms with Crippen molar-refractivity contribution in [3.05, 3.63) is 28.8 Å². The number of nitrogens with zero attached hydrogens (tertiary/aromatic N) is 2. The van der Waals surface area contributed by atoms with Gasteiger partial charge in [-0.3, -0.25) is 4.90 Å². The highest BCUT2D eigenvalue weighted by atomic mass is 16.3. The molecule has 1 aromatic carbocycles. The zero-order chi connectivity index (χ0) is 13.1. The van der Waals surface area contributed by atoms with Crippen molar-refractivity contribution in [2.75, 3.05) is 44.2 Å². The van der Waals surface area contributed by atoms with Crippen molar-refractivity contribution in [2.45, 2.75) is 20.8 Å². The van der Waals surface area contributed by atoms with Gasteiger partial charge in [0, 0.05) is 38.4 Å². The number of hydrogen-bond donors (Lipinski definition) is 1. The molecule has 1 heterocycles. The lowest BCUT2D eigenvalue weighted by atomic mass is 10.0. The first-order valence-electron chi connectivity index (χ1n) is 6.78. The van der Waals surface area contributed by atoms with Gasteiger partial charge in [0.2, 0.25) is 0 Å². The van der Waals surface area contributed by atoms with Gasteiger partial charge in [0.1, 0.15) is 0 Å². The van der Waals surface area contributed by atoms with E-state index < -0.39 is 0 Å². The summed E-state index contributed by atoms with van der Waals surface area (Å²) in [5, 5.41) is 8.96. The van der Waals surface area contributed by atoms with E-state index in [9.17, 15) is 0 Å². The molecule has 0 aliphatic carbocycles. The first-order valence-corrected chi connectivity index (χ1v) is 6.78. The maximum Gasteiger partial charge on any atom is 0.0558 e. The fourth-order valence-corrected chi connectivity index (χ4v) is 2.64. The molecule has 0 saturated carbocycles. The van der Waals surface area contributed by atoms with E-state index >= 15 is 0 Å². The minimum absolute atomic E-state index is 0.267. The molecule has 0 amide bonds. The van der Waals surface area contributed by atoms with Crippen molar-refractivity contribution in [3.63, 3.8) is 0 Å². The van der Waals surface area contributed by atoms with E-state index in [-0.39, 0.29) is 6.61 Å². The SMILES string of the molecule is Cc1cc(C)c(N2CCN(CCO)CC2)cc1C. The molecule has 2 rings (SSSR count). The van der Waals surface area contributed by atoms with Crippen molar-refractivity contribution in [1.29, 1.82) is 0 Å². The number of anilines is 1. The zero-order valence-corrected chi connectivity index (χ0v) is 11.7. The summed E-state index contributed by atoms with van der Waals surface area (Å²) >= 11 is 0. The summed E-state index contributed by atoms with van der Waals surface area (Å²) in [5.74, 6) is 0. The fraction of sp³-hybridized carbons (Fsp3) is 0.600. The van der Waals surface area contributed by atoms with Gasteiger partial charge in [-0.25, -0.2) is 0 Å². The highest BCUT2D eigenvalue weighted by Gasteiger charge is 2.18. The van der Waals surface area contributed by atoms with E-state index in [2.05, 4.69) is 42.7 Å². The van der Waals surface area contributed by atoms with Crippen LogP contribution in [0, 0.1) is 20.8 Å². The topological polar surface area (TPSA) is 26.7 Å². The average molecular weight is 248 g/mol. The largest absolute Gasteiger partial charge is 0.395 e. The summed E-state index contributed by atoms with van der Waals surface area (Å²) in [7, 11) is 0. The Morgan fingerprint density at radius 2 is 1.56 bits per heavy atom. The lowest BCUT2D eigenvalue weighted by Crippen LogP contribution is -2.47. The second-order valence-corrected chi connectivity index (χ2v) is 5.28. The van der Waals surface area contributed by atoms with Gasteiger partial charge in [0.25, 0.3) is 0 Å². The second-order valence-electron chi connectivity index (χ2n) is 5.28. The summed E-state index contributed by atoms with van der Waals surface area (Å²) in [6.07, 6.45) is 0. The number of β-amino-alcohol motifs (C(OH)–C–C–N with tert-alkyl or cyclic N) is 1. The lowest BCUT2D eigenvalue weighted by molar-refractivity contribution is 0.188. The molecule has 18 heavy (non-hydrogen) atoms. The van der Waals surface area contributed by atoms with Crippen LogP contribution in [0.3, 0.4) is 0 Å². The van der Waals surface area contributed by atoms with Crippen molar-refractivity contribution >= 4 is 5.69 Å². The molecule has 1 aliphatic rings. The molecule has 100 valence electrons. The normalized spacial score (nSPS) is 17.2. The number of piperazine rings is 1. The van der Waals surface area contributed by atoms with E-state index in [0.29, 0.717) is 0 Å². The Bertz CT molecular complexity index is 409. The Balaban J connectivity index is 2.07. The van der Waals surface area contributed by atoms with E-state index in [1.54, 1.807) is 0 Å². The molecular formula is C15H24N2O. The molecule has 3 heteroatoms. The fourth-order valence-electron chi connectivity index (χ4n) is 2.64. The van der Waals surface area contributed by atoms with Crippen LogP contribution < -0.4 is 4.90 Å². The quantitative estimate of drug-likeness (QED) is 0.882. The highest BCUT2D eigenvalue weighted by Crippen LogP contribution is 2.25. The number of aryl methyl sites for hydroxylation is 3. The Labute approximate surface area is 110 Å². The zero-order valence-electron chi connectivity index (χ0n) is 11.7. The third kappa shape index (κ3) is 2.85. The van der Waals surface area contributed by atoms with Gasteiger partial charge in [-0.15, -0.1) is 0 Å². The second kappa shape index (κ2) is 5.72. The molecular weight excluding hydrogens is 224 g/mol. The molecule has 0 unspecified atom stereocenters. The molecule has 0 atom stereocenters. The maximum absolute atomic E-state index is 8.96. The number of aliphatic hydroxyl groups is 1. The van der Waals surface area contributed by atoms with E-state index in [1.807, 2.05) is 0 Å². The summed E-state index contributed by atoms with van der Waals surface area (Å²) in [4.78, 5) is 4.79. The van der Waals surface area contributed by atoms with Gasteiger partial charge in [0.15, 0.2) is 0 Å². The number of rotatable bonds is 3. The summed E-state index contributed by atoms with van der Waals surface area (Å²) in [6, 6.07) is 4.59. The molecule has 1 fully saturated rings. The molecule has 1 saturated heterocycles. The molecule has 3 nitrogen and oxygen atoms in total. The predicted molar refractivity (Wildman–Crippen MR) is 76.4 cm³/mol. The third-order valence-electron chi connectivity index (χ3n) is 3.94. The minimum Gasteiger partial charge on any atom is -0.395 e. The van der Waals surface area contributed by atoms with Crippen LogP contribution >= 0.6 is 0 Å². The maximum atomic E-state index is 8.96. The van der Waals surface area contributed by atoms with Gasteiger partial charge in [-0.2, -0.15) is 0 Å². The Kier molecular flexibility index (Phi) is 4.25. The van der Waals surface area contributed by atoms with Crippen LogP contribution in [-0.4, -0.2) is 49.3 Å². The molecule has 0 bridgehead atoms. The van der Waals surface area contributed by atoms with Crippen molar-refractivity contribution in [3.8, 4) is 0 Å². The van der Waals surface area contributed by atoms with E-state index in [4.69, 9.17) is 5.11 Å². The molecule has 1 aromatic rings. The van der Waals surface area contributed by atoms with Crippen LogP contribution in [0.1, 0.15) is 16.7 Å². The van der Waals surface area contributed by atoms with Gasteiger partial charge < -0.3 is 10.0 Å². The summed E-state index contributed by atoms with van der Waals surface area (Å²) in [5.41, 5.74) is 5.49. The summed E-state index contributed by atoms with van der Waals surface area (Å²) < 4.78 is 0. The van der Waals surface area contributed by atoms with Crippen LogP contribution in [-0.2, 0) is 0 Å². The minimum atomic E-state index is 0.267. The smallest absolute Gasteiger partial charge is 0.0558 e. The van der Waals surface area contributed by atoms with Crippen LogP contribution in [0.15, 0.2) is 12.1 Å². The van der Waals surface area contributed by atoms with Crippen molar-refractivity contribution in [2.24, 2.45) is 0 Å². The first kappa shape index (κ1) is 13.4. The van der Waals surface area contributed by atoms with E-state index in [1.165, 1.54) is 22.4 Å². The Morgan fingerprint density at radius 3 is 2.17 bits per heavy atom.